The summed E-state index contributed by atoms with van der Waals surface area (Å²) in [7, 11) is 0. The molecule has 6 nitrogen and oxygen atoms in total. The third-order valence-corrected chi connectivity index (χ3v) is 6.88. The number of hydrogen-bond donors (Lipinski definition) is 1. The fourth-order valence-electron chi connectivity index (χ4n) is 4.49. The van der Waals surface area contributed by atoms with Crippen LogP contribution in [0.2, 0.25) is 5.02 Å². The van der Waals surface area contributed by atoms with Crippen LogP contribution in [0.4, 0.5) is 0 Å². The molecule has 1 unspecified atom stereocenters. The first-order valence-corrected chi connectivity index (χ1v) is 11.4. The van der Waals surface area contributed by atoms with Gasteiger partial charge >= 0.3 is 0 Å². The Bertz CT molecular complexity index is 1240. The number of hydrogen-bond acceptors (Lipinski definition) is 3. The smallest absolute Gasteiger partial charge is 0.253 e. The van der Waals surface area contributed by atoms with Crippen molar-refractivity contribution in [2.45, 2.75) is 39.2 Å². The van der Waals surface area contributed by atoms with Crippen molar-refractivity contribution in [2.24, 2.45) is 0 Å². The predicted octanol–water partition coefficient (Wildman–Crippen LogP) is 5.10. The van der Waals surface area contributed by atoms with Gasteiger partial charge < -0.3 is 9.88 Å². The molecular weight excluding hydrogens is 422 g/mol. The van der Waals surface area contributed by atoms with E-state index in [1.54, 1.807) is 0 Å². The van der Waals surface area contributed by atoms with Crippen LogP contribution in [0.15, 0.2) is 48.5 Å². The van der Waals surface area contributed by atoms with E-state index in [-0.39, 0.29) is 11.8 Å². The number of halogens is 1. The van der Waals surface area contributed by atoms with Gasteiger partial charge in [0.1, 0.15) is 5.82 Å². The molecule has 164 valence electrons. The molecule has 1 N–H and O–H groups in total. The molecule has 2 aromatic heterocycles. The van der Waals surface area contributed by atoms with E-state index in [1.807, 2.05) is 72.0 Å². The van der Waals surface area contributed by atoms with Crippen molar-refractivity contribution in [3.05, 3.63) is 81.9 Å². The zero-order valence-corrected chi connectivity index (χ0v) is 19.1. The van der Waals surface area contributed by atoms with E-state index in [2.05, 4.69) is 10.1 Å². The van der Waals surface area contributed by atoms with E-state index >= 15 is 0 Å². The Morgan fingerprint density at radius 3 is 2.66 bits per heavy atom. The number of aromatic nitrogens is 4. The molecule has 0 bridgehead atoms. The number of imidazole rings is 1. The fourth-order valence-corrected chi connectivity index (χ4v) is 4.62. The second-order valence-corrected chi connectivity index (χ2v) is 8.95. The zero-order valence-electron chi connectivity index (χ0n) is 18.3. The lowest BCUT2D eigenvalue weighted by molar-refractivity contribution is 0.0705. The van der Waals surface area contributed by atoms with Crippen LogP contribution in [0.1, 0.15) is 51.9 Å². The SMILES string of the molecule is Cc1nn(Cc2ccc(C(=O)N3CCCC(c4nc5ccccc5[nH]4)C3)cc2)c(C)c1Cl. The number of para-hydroxylation sites is 2. The van der Waals surface area contributed by atoms with Crippen LogP contribution in [-0.2, 0) is 6.54 Å². The Balaban J connectivity index is 1.28. The molecule has 32 heavy (non-hydrogen) atoms. The third-order valence-electron chi connectivity index (χ3n) is 6.33. The lowest BCUT2D eigenvalue weighted by atomic mass is 9.96. The van der Waals surface area contributed by atoms with Gasteiger partial charge in [0.05, 0.1) is 34.0 Å². The van der Waals surface area contributed by atoms with Crippen molar-refractivity contribution in [3.63, 3.8) is 0 Å². The van der Waals surface area contributed by atoms with Gasteiger partial charge in [-0.3, -0.25) is 9.48 Å². The highest BCUT2D eigenvalue weighted by molar-refractivity contribution is 6.31. The van der Waals surface area contributed by atoms with Crippen molar-refractivity contribution in [1.29, 1.82) is 0 Å². The number of nitrogens with zero attached hydrogens (tertiary/aromatic N) is 4. The summed E-state index contributed by atoms with van der Waals surface area (Å²) in [5.74, 6) is 1.28. The lowest BCUT2D eigenvalue weighted by Crippen LogP contribution is -2.39. The first kappa shape index (κ1) is 20.8. The monoisotopic (exact) mass is 447 g/mol. The minimum absolute atomic E-state index is 0.0755. The van der Waals surface area contributed by atoms with E-state index < -0.39 is 0 Å². The van der Waals surface area contributed by atoms with Crippen molar-refractivity contribution in [3.8, 4) is 0 Å². The van der Waals surface area contributed by atoms with Gasteiger partial charge in [0, 0.05) is 24.6 Å². The number of H-pyrrole nitrogens is 1. The Morgan fingerprint density at radius 1 is 1.16 bits per heavy atom. The van der Waals surface area contributed by atoms with E-state index in [4.69, 9.17) is 16.6 Å². The summed E-state index contributed by atoms with van der Waals surface area (Å²) in [6.45, 7) is 5.97. The number of carbonyl (C=O) groups excluding carboxylic acids is 1. The van der Waals surface area contributed by atoms with Gasteiger partial charge in [-0.25, -0.2) is 4.98 Å². The zero-order chi connectivity index (χ0) is 22.2. The number of nitrogens with one attached hydrogen (secondary N) is 1. The van der Waals surface area contributed by atoms with Gasteiger partial charge in [0.15, 0.2) is 0 Å². The molecule has 4 aromatic rings. The van der Waals surface area contributed by atoms with Crippen molar-refractivity contribution in [1.82, 2.24) is 24.6 Å². The largest absolute Gasteiger partial charge is 0.342 e. The quantitative estimate of drug-likeness (QED) is 0.473. The third kappa shape index (κ3) is 3.91. The van der Waals surface area contributed by atoms with Crippen LogP contribution in [0.25, 0.3) is 11.0 Å². The second-order valence-electron chi connectivity index (χ2n) is 8.57. The molecular formula is C25H26ClN5O. The standard InChI is InChI=1S/C25H26ClN5O/c1-16-23(26)17(2)31(29-16)14-18-9-11-19(12-10-18)25(32)30-13-5-6-20(15-30)24-27-21-7-3-4-8-22(21)28-24/h3-4,7-12,20H,5-6,13-15H2,1-2H3,(H,27,28). The molecule has 7 heteroatoms. The molecule has 1 fully saturated rings. The molecule has 1 aliphatic heterocycles. The van der Waals surface area contributed by atoms with Crippen LogP contribution in [0, 0.1) is 13.8 Å². The molecule has 3 heterocycles. The number of aryl methyl sites for hydroxylation is 1. The number of aromatic amines is 1. The summed E-state index contributed by atoms with van der Waals surface area (Å²) in [5, 5.41) is 5.20. The maximum atomic E-state index is 13.2. The predicted molar refractivity (Wildman–Crippen MR) is 126 cm³/mol. The Labute approximate surface area is 192 Å². The topological polar surface area (TPSA) is 66.8 Å². The summed E-state index contributed by atoms with van der Waals surface area (Å²) >= 11 is 6.26. The van der Waals surface area contributed by atoms with E-state index in [1.165, 1.54) is 0 Å². The maximum absolute atomic E-state index is 13.2. The maximum Gasteiger partial charge on any atom is 0.253 e. The molecule has 1 atom stereocenters. The molecule has 5 rings (SSSR count). The molecule has 1 aliphatic rings. The Morgan fingerprint density at radius 2 is 1.94 bits per heavy atom. The molecule has 0 aliphatic carbocycles. The van der Waals surface area contributed by atoms with Crippen LogP contribution in [0.3, 0.4) is 0 Å². The number of piperidine rings is 1. The number of carbonyl (C=O) groups is 1. The van der Waals surface area contributed by atoms with Gasteiger partial charge in [-0.1, -0.05) is 35.9 Å². The summed E-state index contributed by atoms with van der Waals surface area (Å²) in [5.41, 5.74) is 5.61. The summed E-state index contributed by atoms with van der Waals surface area (Å²) in [6.07, 6.45) is 2.01. The first-order chi connectivity index (χ1) is 15.5. The minimum Gasteiger partial charge on any atom is -0.342 e. The molecule has 1 amide bonds. The lowest BCUT2D eigenvalue weighted by Gasteiger charge is -2.32. The van der Waals surface area contributed by atoms with Gasteiger partial charge in [-0.05, 0) is 56.5 Å². The summed E-state index contributed by atoms with van der Waals surface area (Å²) in [6, 6.07) is 15.9. The van der Waals surface area contributed by atoms with Crippen molar-refractivity contribution < 1.29 is 4.79 Å². The summed E-state index contributed by atoms with van der Waals surface area (Å²) < 4.78 is 1.90. The van der Waals surface area contributed by atoms with Crippen LogP contribution >= 0.6 is 11.6 Å². The minimum atomic E-state index is 0.0755. The average molecular weight is 448 g/mol. The second kappa shape index (κ2) is 8.43. The van der Waals surface area contributed by atoms with Crippen LogP contribution in [-0.4, -0.2) is 43.6 Å². The molecule has 0 spiro atoms. The van der Waals surface area contributed by atoms with E-state index in [0.29, 0.717) is 23.7 Å². The first-order valence-electron chi connectivity index (χ1n) is 11.0. The molecule has 0 radical (unpaired) electrons. The molecule has 0 saturated carbocycles. The van der Waals surface area contributed by atoms with Crippen molar-refractivity contribution >= 4 is 28.5 Å². The van der Waals surface area contributed by atoms with E-state index in [0.717, 1.165) is 53.2 Å². The van der Waals surface area contributed by atoms with Gasteiger partial charge in [-0.2, -0.15) is 5.10 Å². The van der Waals surface area contributed by atoms with Crippen LogP contribution in [0.5, 0.6) is 0 Å². The number of likely N-dealkylation sites (tertiary alicyclic amines) is 1. The Hall–Kier alpha value is -3.12. The number of amides is 1. The number of benzene rings is 2. The fraction of sp³-hybridized carbons (Fsp3) is 0.320. The molecule has 1 saturated heterocycles. The molecule has 2 aromatic carbocycles. The Kier molecular flexibility index (Phi) is 5.47. The van der Waals surface area contributed by atoms with Gasteiger partial charge in [0.25, 0.3) is 5.91 Å². The highest BCUT2D eigenvalue weighted by Gasteiger charge is 2.27. The van der Waals surface area contributed by atoms with Gasteiger partial charge in [-0.15, -0.1) is 0 Å². The summed E-state index contributed by atoms with van der Waals surface area (Å²) in [4.78, 5) is 23.3. The highest BCUT2D eigenvalue weighted by Crippen LogP contribution is 2.28. The average Bonchev–Trinajstić information content (AvgIpc) is 3.36. The van der Waals surface area contributed by atoms with E-state index in [9.17, 15) is 4.79 Å². The number of fused-ring (bicyclic) bond motifs is 1. The van der Waals surface area contributed by atoms with Crippen molar-refractivity contribution in [2.75, 3.05) is 13.1 Å². The normalized spacial score (nSPS) is 16.6. The van der Waals surface area contributed by atoms with Gasteiger partial charge in [0.2, 0.25) is 0 Å². The highest BCUT2D eigenvalue weighted by atomic mass is 35.5. The number of rotatable bonds is 4. The van der Waals surface area contributed by atoms with Crippen LogP contribution < -0.4 is 0 Å².